The van der Waals surface area contributed by atoms with Crippen molar-refractivity contribution in [2.24, 2.45) is 0 Å². The van der Waals surface area contributed by atoms with Gasteiger partial charge in [0, 0.05) is 34.1 Å². The predicted octanol–water partition coefficient (Wildman–Crippen LogP) is 5.83. The first-order chi connectivity index (χ1) is 13.6. The van der Waals surface area contributed by atoms with Crippen LogP contribution in [0.4, 0.5) is 5.69 Å². The molecule has 0 aromatic heterocycles. The van der Waals surface area contributed by atoms with Crippen LogP contribution in [-0.4, -0.2) is 17.4 Å². The zero-order valence-electron chi connectivity index (χ0n) is 15.2. The van der Waals surface area contributed by atoms with E-state index in [1.165, 1.54) is 5.56 Å². The highest BCUT2D eigenvalue weighted by Crippen LogP contribution is 2.24. The van der Waals surface area contributed by atoms with E-state index in [-0.39, 0.29) is 11.7 Å². The molecule has 0 saturated heterocycles. The number of hydrogen-bond acceptors (Lipinski definition) is 3. The molecule has 0 heterocycles. The van der Waals surface area contributed by atoms with E-state index in [1.54, 1.807) is 54.2 Å². The number of nitrogens with one attached hydrogen (secondary N) is 1. The van der Waals surface area contributed by atoms with E-state index in [2.05, 4.69) is 17.4 Å². The molecule has 0 atom stereocenters. The maximum Gasteiger partial charge on any atom is 0.225 e. The normalized spacial score (nSPS) is 10.5. The minimum Gasteiger partial charge on any atom is -0.325 e. The highest BCUT2D eigenvalue weighted by atomic mass is 35.5. The first kappa shape index (κ1) is 20.2. The quantitative estimate of drug-likeness (QED) is 0.376. The second-order valence-electron chi connectivity index (χ2n) is 6.22. The molecule has 1 N–H and O–H groups in total. The molecule has 0 radical (unpaired) electrons. The van der Waals surface area contributed by atoms with E-state index < -0.39 is 0 Å². The molecule has 5 heteroatoms. The summed E-state index contributed by atoms with van der Waals surface area (Å²) in [5, 5.41) is 3.31. The lowest BCUT2D eigenvalue weighted by atomic mass is 10.0. The zero-order valence-corrected chi connectivity index (χ0v) is 16.8. The van der Waals surface area contributed by atoms with Crippen molar-refractivity contribution in [3.05, 3.63) is 101 Å². The highest BCUT2D eigenvalue weighted by Gasteiger charge is 2.16. The first-order valence-corrected chi connectivity index (χ1v) is 10.5. The van der Waals surface area contributed by atoms with Gasteiger partial charge in [-0.1, -0.05) is 72.3 Å². The van der Waals surface area contributed by atoms with E-state index in [0.29, 0.717) is 34.0 Å². The van der Waals surface area contributed by atoms with Gasteiger partial charge in [-0.3, -0.25) is 9.59 Å². The van der Waals surface area contributed by atoms with E-state index in [4.69, 9.17) is 11.6 Å². The van der Waals surface area contributed by atoms with Gasteiger partial charge in [-0.2, -0.15) is 11.8 Å². The molecule has 1 amide bonds. The second kappa shape index (κ2) is 10.1. The number of rotatable bonds is 8. The molecule has 3 nitrogen and oxygen atoms in total. The largest absolute Gasteiger partial charge is 0.325 e. The Morgan fingerprint density at radius 1 is 0.893 bits per heavy atom. The molecule has 0 bridgehead atoms. The van der Waals surface area contributed by atoms with Gasteiger partial charge in [0.15, 0.2) is 5.78 Å². The van der Waals surface area contributed by atoms with Gasteiger partial charge in [0.25, 0.3) is 0 Å². The molecule has 3 aromatic carbocycles. The maximum absolute atomic E-state index is 12.8. The Morgan fingerprint density at radius 3 is 2.29 bits per heavy atom. The third-order valence-corrected chi connectivity index (χ3v) is 5.39. The monoisotopic (exact) mass is 409 g/mol. The summed E-state index contributed by atoms with van der Waals surface area (Å²) in [6, 6.07) is 24.0. The number of amides is 1. The van der Waals surface area contributed by atoms with Crippen molar-refractivity contribution < 1.29 is 9.59 Å². The molecule has 0 aliphatic carbocycles. The Kier molecular flexibility index (Phi) is 7.29. The Balaban J connectivity index is 1.60. The zero-order chi connectivity index (χ0) is 19.8. The van der Waals surface area contributed by atoms with Gasteiger partial charge in [-0.25, -0.2) is 0 Å². The molecule has 0 saturated carbocycles. The molecular formula is C23H20ClNO2S. The van der Waals surface area contributed by atoms with Gasteiger partial charge >= 0.3 is 0 Å². The number of halogens is 1. The smallest absolute Gasteiger partial charge is 0.225 e. The molecule has 0 aliphatic rings. The Hall–Kier alpha value is -2.56. The summed E-state index contributed by atoms with van der Waals surface area (Å²) in [7, 11) is 0. The Labute approximate surface area is 174 Å². The lowest BCUT2D eigenvalue weighted by Gasteiger charge is -2.11. The van der Waals surface area contributed by atoms with Gasteiger partial charge < -0.3 is 5.32 Å². The summed E-state index contributed by atoms with van der Waals surface area (Å²) in [5.41, 5.74) is 2.67. The summed E-state index contributed by atoms with van der Waals surface area (Å²) in [6.45, 7) is 0. The maximum atomic E-state index is 12.8. The van der Waals surface area contributed by atoms with Crippen LogP contribution < -0.4 is 5.32 Å². The average Bonchev–Trinajstić information content (AvgIpc) is 2.73. The first-order valence-electron chi connectivity index (χ1n) is 8.94. The number of thioether (sulfide) groups is 1. The number of anilines is 1. The fourth-order valence-corrected chi connectivity index (χ4v) is 3.77. The molecule has 0 fully saturated rings. The van der Waals surface area contributed by atoms with Gasteiger partial charge in [0.2, 0.25) is 5.91 Å². The van der Waals surface area contributed by atoms with Crippen molar-refractivity contribution in [1.29, 1.82) is 0 Å². The van der Waals surface area contributed by atoms with Crippen LogP contribution >= 0.6 is 23.4 Å². The number of benzene rings is 3. The number of ketones is 1. The van der Waals surface area contributed by atoms with Crippen molar-refractivity contribution in [1.82, 2.24) is 0 Å². The fourth-order valence-electron chi connectivity index (χ4n) is 2.70. The SMILES string of the molecule is O=C(CCSCc1ccccc1)Nc1ccc(Cl)cc1C(=O)c1ccccc1. The minimum atomic E-state index is -0.170. The van der Waals surface area contributed by atoms with Crippen LogP contribution in [0.15, 0.2) is 78.9 Å². The van der Waals surface area contributed by atoms with Crippen LogP contribution in [0.25, 0.3) is 0 Å². The van der Waals surface area contributed by atoms with Crippen molar-refractivity contribution in [3.63, 3.8) is 0 Å². The van der Waals surface area contributed by atoms with Gasteiger partial charge in [0.1, 0.15) is 0 Å². The predicted molar refractivity (Wildman–Crippen MR) is 117 cm³/mol. The van der Waals surface area contributed by atoms with Crippen LogP contribution in [0, 0.1) is 0 Å². The Bertz CT molecular complexity index is 945. The summed E-state index contributed by atoms with van der Waals surface area (Å²) in [4.78, 5) is 25.2. The molecular weight excluding hydrogens is 390 g/mol. The molecule has 0 unspecified atom stereocenters. The number of hydrogen-bond donors (Lipinski definition) is 1. The third-order valence-electron chi connectivity index (χ3n) is 4.12. The van der Waals surface area contributed by atoms with Crippen LogP contribution in [0.2, 0.25) is 5.02 Å². The number of carbonyl (C=O) groups is 2. The number of carbonyl (C=O) groups excluding carboxylic acids is 2. The van der Waals surface area contributed by atoms with Crippen molar-refractivity contribution in [2.45, 2.75) is 12.2 Å². The van der Waals surface area contributed by atoms with E-state index in [1.807, 2.05) is 24.3 Å². The second-order valence-corrected chi connectivity index (χ2v) is 7.76. The van der Waals surface area contributed by atoms with Crippen molar-refractivity contribution in [2.75, 3.05) is 11.1 Å². The molecule has 142 valence electrons. The van der Waals surface area contributed by atoms with E-state index >= 15 is 0 Å². The van der Waals surface area contributed by atoms with E-state index in [0.717, 1.165) is 5.75 Å². The molecule has 3 aromatic rings. The van der Waals surface area contributed by atoms with Crippen LogP contribution in [0.3, 0.4) is 0 Å². The van der Waals surface area contributed by atoms with Crippen molar-refractivity contribution >= 4 is 40.7 Å². The summed E-state index contributed by atoms with van der Waals surface area (Å²) in [5.74, 6) is 1.28. The van der Waals surface area contributed by atoms with E-state index in [9.17, 15) is 9.59 Å². The molecule has 28 heavy (non-hydrogen) atoms. The topological polar surface area (TPSA) is 46.2 Å². The summed E-state index contributed by atoms with van der Waals surface area (Å²) >= 11 is 7.78. The van der Waals surface area contributed by atoms with Crippen LogP contribution in [-0.2, 0) is 10.5 Å². The minimum absolute atomic E-state index is 0.120. The van der Waals surface area contributed by atoms with Crippen molar-refractivity contribution in [3.8, 4) is 0 Å². The van der Waals surface area contributed by atoms with Crippen LogP contribution in [0.1, 0.15) is 27.9 Å². The fraction of sp³-hybridized carbons (Fsp3) is 0.130. The molecule has 3 rings (SSSR count). The standard InChI is InChI=1S/C23H20ClNO2S/c24-19-11-12-21(20(15-19)23(27)18-9-5-2-6-10-18)25-22(26)13-14-28-16-17-7-3-1-4-8-17/h1-12,15H,13-14,16H2,(H,25,26). The van der Waals surface area contributed by atoms with Gasteiger partial charge in [-0.15, -0.1) is 0 Å². The van der Waals surface area contributed by atoms with Crippen LogP contribution in [0.5, 0.6) is 0 Å². The average molecular weight is 410 g/mol. The van der Waals surface area contributed by atoms with Gasteiger partial charge in [-0.05, 0) is 23.8 Å². The highest BCUT2D eigenvalue weighted by molar-refractivity contribution is 7.98. The lowest BCUT2D eigenvalue weighted by Crippen LogP contribution is -2.15. The molecule has 0 spiro atoms. The molecule has 0 aliphatic heterocycles. The van der Waals surface area contributed by atoms with Gasteiger partial charge in [0.05, 0.1) is 5.69 Å². The third kappa shape index (κ3) is 5.72. The Morgan fingerprint density at radius 2 is 1.57 bits per heavy atom. The summed E-state index contributed by atoms with van der Waals surface area (Å²) < 4.78 is 0. The lowest BCUT2D eigenvalue weighted by molar-refractivity contribution is -0.115. The summed E-state index contributed by atoms with van der Waals surface area (Å²) in [6.07, 6.45) is 0.374.